The molecule has 1 saturated carbocycles. The Bertz CT molecular complexity index is 1170. The summed E-state index contributed by atoms with van der Waals surface area (Å²) in [5.74, 6) is -1.69. The summed E-state index contributed by atoms with van der Waals surface area (Å²) >= 11 is 0. The lowest BCUT2D eigenvalue weighted by atomic mass is 9.95. The van der Waals surface area contributed by atoms with Crippen molar-refractivity contribution in [2.75, 3.05) is 39.3 Å². The molecule has 7 nitrogen and oxygen atoms in total. The van der Waals surface area contributed by atoms with E-state index in [-0.39, 0.29) is 29.9 Å². The van der Waals surface area contributed by atoms with Crippen LogP contribution >= 0.6 is 0 Å². The number of benzene rings is 2. The summed E-state index contributed by atoms with van der Waals surface area (Å²) in [4.78, 5) is 14.9. The van der Waals surface area contributed by atoms with Crippen LogP contribution < -0.4 is 4.72 Å². The summed E-state index contributed by atoms with van der Waals surface area (Å²) in [5, 5.41) is 0. The Kier molecular flexibility index (Phi) is 6.41. The van der Waals surface area contributed by atoms with Gasteiger partial charge in [0.05, 0.1) is 18.3 Å². The second-order valence-electron chi connectivity index (χ2n) is 9.02. The van der Waals surface area contributed by atoms with Crippen molar-refractivity contribution in [3.8, 4) is 11.1 Å². The van der Waals surface area contributed by atoms with Gasteiger partial charge in [-0.1, -0.05) is 30.3 Å². The van der Waals surface area contributed by atoms with Crippen molar-refractivity contribution in [2.24, 2.45) is 5.92 Å². The zero-order valence-corrected chi connectivity index (χ0v) is 19.4. The molecule has 0 bridgehead atoms. The predicted molar refractivity (Wildman–Crippen MR) is 122 cm³/mol. The smallest absolute Gasteiger partial charge is 0.279 e. The molecule has 5 rings (SSSR count). The van der Waals surface area contributed by atoms with E-state index in [0.29, 0.717) is 44.8 Å². The maximum absolute atomic E-state index is 14.4. The standard InChI is InChI=1S/C24H27F2N3O4S/c25-21-7-3-8-22(26)23(21)18-6-2-1-5-17(18)19-13-20(19)24(30)28-11-12-33-16(15-28)14-27-34(31,32)29-9-4-10-29/h1-3,5-8,16,19-20,27H,4,9-15H2/t16-,19+,20-/m1/s1. The summed E-state index contributed by atoms with van der Waals surface area (Å²) in [6.07, 6.45) is 1.04. The minimum Gasteiger partial charge on any atom is -0.373 e. The van der Waals surface area contributed by atoms with E-state index < -0.39 is 27.9 Å². The molecule has 2 aliphatic heterocycles. The molecule has 2 heterocycles. The Balaban J connectivity index is 1.24. The molecule has 0 unspecified atom stereocenters. The molecular weight excluding hydrogens is 464 g/mol. The highest BCUT2D eigenvalue weighted by Crippen LogP contribution is 2.51. The maximum Gasteiger partial charge on any atom is 0.279 e. The number of hydrogen-bond acceptors (Lipinski definition) is 4. The molecule has 1 aliphatic carbocycles. The van der Waals surface area contributed by atoms with Crippen LogP contribution in [0, 0.1) is 17.6 Å². The van der Waals surface area contributed by atoms with Gasteiger partial charge in [0.15, 0.2) is 0 Å². The summed E-state index contributed by atoms with van der Waals surface area (Å²) in [6.45, 7) is 2.21. The Morgan fingerprint density at radius 2 is 1.79 bits per heavy atom. The van der Waals surface area contributed by atoms with Gasteiger partial charge in [0, 0.05) is 38.6 Å². The third-order valence-corrected chi connectivity index (χ3v) is 8.38. The summed E-state index contributed by atoms with van der Waals surface area (Å²) in [5.41, 5.74) is 1.16. The second kappa shape index (κ2) is 9.33. The van der Waals surface area contributed by atoms with Gasteiger partial charge in [-0.15, -0.1) is 0 Å². The average Bonchev–Trinajstić information content (AvgIpc) is 3.57. The molecule has 3 atom stereocenters. The fraction of sp³-hybridized carbons (Fsp3) is 0.458. The van der Waals surface area contributed by atoms with Crippen LogP contribution in [-0.2, 0) is 19.7 Å². The molecule has 3 fully saturated rings. The van der Waals surface area contributed by atoms with Gasteiger partial charge in [-0.25, -0.2) is 8.78 Å². The quantitative estimate of drug-likeness (QED) is 0.646. The second-order valence-corrected chi connectivity index (χ2v) is 10.8. The first-order valence-electron chi connectivity index (χ1n) is 11.5. The first kappa shape index (κ1) is 23.3. The highest BCUT2D eigenvalue weighted by molar-refractivity contribution is 7.87. The Morgan fingerprint density at radius 3 is 2.50 bits per heavy atom. The molecule has 182 valence electrons. The Labute approximate surface area is 197 Å². The number of amides is 1. The van der Waals surface area contributed by atoms with Crippen LogP contribution in [0.15, 0.2) is 42.5 Å². The molecule has 0 spiro atoms. The van der Waals surface area contributed by atoms with E-state index in [0.717, 1.165) is 12.0 Å². The van der Waals surface area contributed by atoms with Gasteiger partial charge in [0.2, 0.25) is 5.91 Å². The monoisotopic (exact) mass is 491 g/mol. The maximum atomic E-state index is 14.4. The fourth-order valence-corrected chi connectivity index (χ4v) is 6.03. The van der Waals surface area contributed by atoms with Crippen LogP contribution in [0.3, 0.4) is 0 Å². The Morgan fingerprint density at radius 1 is 1.06 bits per heavy atom. The van der Waals surface area contributed by atoms with Crippen molar-refractivity contribution in [2.45, 2.75) is 24.9 Å². The van der Waals surface area contributed by atoms with E-state index in [2.05, 4.69) is 4.72 Å². The van der Waals surface area contributed by atoms with Gasteiger partial charge in [0.25, 0.3) is 10.2 Å². The van der Waals surface area contributed by atoms with Crippen LogP contribution in [0.25, 0.3) is 11.1 Å². The van der Waals surface area contributed by atoms with Crippen LogP contribution in [0.1, 0.15) is 24.3 Å². The normalized spacial score (nSPS) is 25.1. The van der Waals surface area contributed by atoms with Crippen molar-refractivity contribution in [3.63, 3.8) is 0 Å². The van der Waals surface area contributed by atoms with Crippen molar-refractivity contribution in [1.82, 2.24) is 13.9 Å². The fourth-order valence-electron chi connectivity index (χ4n) is 4.71. The largest absolute Gasteiger partial charge is 0.373 e. The molecule has 0 aromatic heterocycles. The molecule has 3 aliphatic rings. The van der Waals surface area contributed by atoms with Crippen LogP contribution in [0.4, 0.5) is 8.78 Å². The minimum absolute atomic E-state index is 0.0345. The lowest BCUT2D eigenvalue weighted by Gasteiger charge is -2.34. The number of halogens is 2. The van der Waals surface area contributed by atoms with Crippen LogP contribution in [0.2, 0.25) is 0 Å². The van der Waals surface area contributed by atoms with E-state index in [1.54, 1.807) is 17.0 Å². The molecule has 1 N–H and O–H groups in total. The first-order chi connectivity index (χ1) is 16.3. The summed E-state index contributed by atoms with van der Waals surface area (Å²) in [7, 11) is -3.51. The van der Waals surface area contributed by atoms with Crippen molar-refractivity contribution in [3.05, 3.63) is 59.7 Å². The van der Waals surface area contributed by atoms with E-state index >= 15 is 0 Å². The number of carbonyl (C=O) groups is 1. The van der Waals surface area contributed by atoms with E-state index in [9.17, 15) is 22.0 Å². The van der Waals surface area contributed by atoms with Gasteiger partial charge in [-0.2, -0.15) is 17.4 Å². The van der Waals surface area contributed by atoms with E-state index in [1.165, 1.54) is 22.5 Å². The zero-order chi connectivity index (χ0) is 23.9. The lowest BCUT2D eigenvalue weighted by molar-refractivity contribution is -0.140. The summed E-state index contributed by atoms with van der Waals surface area (Å²) in [6, 6.07) is 10.9. The average molecular weight is 492 g/mol. The van der Waals surface area contributed by atoms with Crippen LogP contribution in [-0.4, -0.2) is 69.0 Å². The molecule has 34 heavy (non-hydrogen) atoms. The topological polar surface area (TPSA) is 79.0 Å². The zero-order valence-electron chi connectivity index (χ0n) is 18.6. The SMILES string of the molecule is O=C([C@@H]1C[C@H]1c1ccccc1-c1c(F)cccc1F)N1CCO[C@H](CNS(=O)(=O)N2CCC2)C1. The van der Waals surface area contributed by atoms with E-state index in [1.807, 2.05) is 12.1 Å². The molecule has 2 saturated heterocycles. The van der Waals surface area contributed by atoms with E-state index in [4.69, 9.17) is 4.74 Å². The number of nitrogens with one attached hydrogen (secondary N) is 1. The van der Waals surface area contributed by atoms with Crippen molar-refractivity contribution < 1.29 is 26.7 Å². The highest BCUT2D eigenvalue weighted by atomic mass is 32.2. The number of hydrogen-bond donors (Lipinski definition) is 1. The molecular formula is C24H27F2N3O4S. The number of nitrogens with zero attached hydrogens (tertiary/aromatic N) is 2. The number of morpholine rings is 1. The first-order valence-corrected chi connectivity index (χ1v) is 13.0. The Hall–Kier alpha value is -2.40. The van der Waals surface area contributed by atoms with Gasteiger partial charge < -0.3 is 9.64 Å². The van der Waals surface area contributed by atoms with Crippen molar-refractivity contribution >= 4 is 16.1 Å². The molecule has 0 radical (unpaired) electrons. The minimum atomic E-state index is -3.51. The molecule has 10 heteroatoms. The highest BCUT2D eigenvalue weighted by Gasteiger charge is 2.47. The molecule has 2 aromatic rings. The molecule has 2 aromatic carbocycles. The third kappa shape index (κ3) is 4.59. The van der Waals surface area contributed by atoms with Gasteiger partial charge >= 0.3 is 0 Å². The number of ether oxygens (including phenoxy) is 1. The lowest BCUT2D eigenvalue weighted by Crippen LogP contribution is -2.53. The van der Waals surface area contributed by atoms with Gasteiger partial charge in [-0.05, 0) is 42.0 Å². The molecule has 1 amide bonds. The van der Waals surface area contributed by atoms with Crippen molar-refractivity contribution in [1.29, 1.82) is 0 Å². The number of carbonyl (C=O) groups excluding carboxylic acids is 1. The number of rotatable bonds is 7. The van der Waals surface area contributed by atoms with Gasteiger partial charge in [-0.3, -0.25) is 4.79 Å². The van der Waals surface area contributed by atoms with Gasteiger partial charge in [0.1, 0.15) is 11.6 Å². The van der Waals surface area contributed by atoms with Crippen LogP contribution in [0.5, 0.6) is 0 Å². The predicted octanol–water partition coefficient (Wildman–Crippen LogP) is 2.50. The third-order valence-electron chi connectivity index (χ3n) is 6.80. The summed E-state index contributed by atoms with van der Waals surface area (Å²) < 4.78 is 62.9.